The third-order valence-corrected chi connectivity index (χ3v) is 5.77. The molecule has 3 heterocycles. The first-order valence-electron chi connectivity index (χ1n) is 8.98. The van der Waals surface area contributed by atoms with Crippen LogP contribution in [0.15, 0.2) is 42.5 Å². The maximum absolute atomic E-state index is 13.2. The van der Waals surface area contributed by atoms with Crippen molar-refractivity contribution < 1.29 is 14.3 Å². The number of aromatic nitrogens is 1. The van der Waals surface area contributed by atoms with Crippen LogP contribution in [0, 0.1) is 0 Å². The minimum Gasteiger partial charge on any atom is -0.450 e. The van der Waals surface area contributed by atoms with E-state index in [1.54, 1.807) is 24.3 Å². The van der Waals surface area contributed by atoms with E-state index in [1.807, 2.05) is 18.2 Å². The molecule has 136 valence electrons. The van der Waals surface area contributed by atoms with Gasteiger partial charge >= 0.3 is 5.97 Å². The maximum Gasteiger partial charge on any atom is 0.340 e. The normalized spacial score (nSPS) is 17.9. The van der Waals surface area contributed by atoms with Gasteiger partial charge in [-0.3, -0.25) is 4.79 Å². The molecule has 0 amide bonds. The molecule has 27 heavy (non-hydrogen) atoms. The molecular weight excluding hydrogens is 364 g/mol. The number of rotatable bonds is 2. The van der Waals surface area contributed by atoms with Crippen LogP contribution in [0.3, 0.4) is 0 Å². The number of aromatic amines is 1. The molecule has 2 aliphatic heterocycles. The molecule has 1 saturated heterocycles. The molecule has 2 aromatic carbocycles. The molecule has 0 atom stereocenters. The van der Waals surface area contributed by atoms with Crippen LogP contribution in [0.1, 0.15) is 44.8 Å². The highest BCUT2D eigenvalue weighted by Gasteiger charge is 2.47. The highest BCUT2D eigenvalue weighted by Crippen LogP contribution is 2.44. The van der Waals surface area contributed by atoms with Gasteiger partial charge in [-0.2, -0.15) is 0 Å². The van der Waals surface area contributed by atoms with Gasteiger partial charge in [0.25, 0.3) is 0 Å². The Morgan fingerprint density at radius 1 is 1.11 bits per heavy atom. The van der Waals surface area contributed by atoms with Gasteiger partial charge < -0.3 is 15.0 Å². The summed E-state index contributed by atoms with van der Waals surface area (Å²) in [5.41, 5.74) is 2.26. The molecule has 0 radical (unpaired) electrons. The van der Waals surface area contributed by atoms with Crippen LogP contribution in [0.4, 0.5) is 0 Å². The molecule has 0 unspecified atom stereocenters. The Labute approximate surface area is 160 Å². The van der Waals surface area contributed by atoms with Gasteiger partial charge in [0.2, 0.25) is 5.78 Å². The van der Waals surface area contributed by atoms with Crippen LogP contribution in [-0.4, -0.2) is 29.8 Å². The Morgan fingerprint density at radius 2 is 1.93 bits per heavy atom. The number of H-pyrrole nitrogens is 1. The number of carbonyl (C=O) groups is 2. The summed E-state index contributed by atoms with van der Waals surface area (Å²) in [6.45, 7) is 1.57. The fourth-order valence-electron chi connectivity index (χ4n) is 4.20. The van der Waals surface area contributed by atoms with Crippen LogP contribution in [-0.2, 0) is 10.3 Å². The Balaban J connectivity index is 1.61. The third kappa shape index (κ3) is 2.50. The van der Waals surface area contributed by atoms with Crippen LogP contribution >= 0.6 is 11.6 Å². The minimum atomic E-state index is -0.609. The molecule has 1 fully saturated rings. The van der Waals surface area contributed by atoms with E-state index in [2.05, 4.69) is 10.3 Å². The Bertz CT molecular complexity index is 1100. The fourth-order valence-corrected chi connectivity index (χ4v) is 4.38. The third-order valence-electron chi connectivity index (χ3n) is 5.53. The molecule has 0 saturated carbocycles. The average molecular weight is 381 g/mol. The summed E-state index contributed by atoms with van der Waals surface area (Å²) >= 11 is 6.04. The minimum absolute atomic E-state index is 0.220. The van der Waals surface area contributed by atoms with Crippen molar-refractivity contribution in [1.82, 2.24) is 10.3 Å². The summed E-state index contributed by atoms with van der Waals surface area (Å²) in [4.78, 5) is 29.0. The second kappa shape index (κ2) is 5.94. The van der Waals surface area contributed by atoms with Gasteiger partial charge in [-0.15, -0.1) is 0 Å². The zero-order valence-corrected chi connectivity index (χ0v) is 15.2. The Morgan fingerprint density at radius 3 is 2.74 bits per heavy atom. The van der Waals surface area contributed by atoms with E-state index in [1.165, 1.54) is 0 Å². The first kappa shape index (κ1) is 16.5. The number of piperidine rings is 1. The zero-order valence-electron chi connectivity index (χ0n) is 14.5. The van der Waals surface area contributed by atoms with Crippen molar-refractivity contribution >= 4 is 34.3 Å². The molecule has 5 rings (SSSR count). The number of carbonyl (C=O) groups excluding carboxylic acids is 2. The summed E-state index contributed by atoms with van der Waals surface area (Å²) in [7, 11) is 0. The predicted molar refractivity (Wildman–Crippen MR) is 102 cm³/mol. The summed E-state index contributed by atoms with van der Waals surface area (Å²) in [6, 6.07) is 12.6. The van der Waals surface area contributed by atoms with Crippen molar-refractivity contribution in [2.75, 3.05) is 13.1 Å². The quantitative estimate of drug-likeness (QED) is 0.524. The monoisotopic (exact) mass is 380 g/mol. The topological polar surface area (TPSA) is 71.2 Å². The van der Waals surface area contributed by atoms with Crippen molar-refractivity contribution in [2.45, 2.75) is 18.4 Å². The number of ether oxygens (including phenoxy) is 1. The molecule has 0 bridgehead atoms. The van der Waals surface area contributed by atoms with E-state index >= 15 is 0 Å². The number of hydrogen-bond donors (Lipinski definition) is 2. The van der Waals surface area contributed by atoms with Gasteiger partial charge in [0.05, 0.1) is 11.3 Å². The van der Waals surface area contributed by atoms with E-state index in [0.29, 0.717) is 34.7 Å². The van der Waals surface area contributed by atoms with E-state index in [9.17, 15) is 9.59 Å². The first-order chi connectivity index (χ1) is 13.1. The van der Waals surface area contributed by atoms with E-state index in [4.69, 9.17) is 16.3 Å². The van der Waals surface area contributed by atoms with Crippen LogP contribution < -0.4 is 5.32 Å². The van der Waals surface area contributed by atoms with Crippen LogP contribution in [0.25, 0.3) is 10.9 Å². The molecule has 6 heteroatoms. The van der Waals surface area contributed by atoms with Crippen molar-refractivity contribution in [3.8, 4) is 0 Å². The number of fused-ring (bicyclic) bond motifs is 3. The van der Waals surface area contributed by atoms with E-state index in [-0.39, 0.29) is 5.78 Å². The standard InChI is InChI=1S/C21H17ClN2O3/c22-13-4-5-16-12(10-13)11-17(24-16)19(25)14-2-1-3-15-18(14)20(26)27-21(15)6-8-23-9-7-21/h1-5,10-11,23-24H,6-9H2. The number of ketones is 1. The zero-order chi connectivity index (χ0) is 18.6. The van der Waals surface area contributed by atoms with Gasteiger partial charge in [-0.1, -0.05) is 29.8 Å². The number of benzene rings is 2. The van der Waals surface area contributed by atoms with Crippen molar-refractivity contribution in [1.29, 1.82) is 0 Å². The van der Waals surface area contributed by atoms with Gasteiger partial charge in [0, 0.05) is 39.9 Å². The van der Waals surface area contributed by atoms with E-state index in [0.717, 1.165) is 29.6 Å². The van der Waals surface area contributed by atoms with Crippen LogP contribution in [0.5, 0.6) is 0 Å². The molecule has 1 spiro atoms. The molecule has 2 aliphatic rings. The molecule has 2 N–H and O–H groups in total. The maximum atomic E-state index is 13.2. The molecular formula is C21H17ClN2O3. The SMILES string of the molecule is O=C(c1cc2cc(Cl)ccc2[nH]1)c1cccc2c1C(=O)OC21CCNCC1. The second-order valence-corrected chi connectivity index (χ2v) is 7.54. The summed E-state index contributed by atoms with van der Waals surface area (Å²) in [6.07, 6.45) is 1.43. The summed E-state index contributed by atoms with van der Waals surface area (Å²) in [5, 5.41) is 4.76. The smallest absolute Gasteiger partial charge is 0.340 e. The van der Waals surface area contributed by atoms with Crippen LogP contribution in [0.2, 0.25) is 5.02 Å². The highest BCUT2D eigenvalue weighted by molar-refractivity contribution is 6.31. The van der Waals surface area contributed by atoms with Crippen molar-refractivity contribution in [2.24, 2.45) is 0 Å². The number of nitrogens with one attached hydrogen (secondary N) is 2. The fraction of sp³-hybridized carbons (Fsp3) is 0.238. The summed E-state index contributed by atoms with van der Waals surface area (Å²) in [5.74, 6) is -0.628. The molecule has 3 aromatic rings. The lowest BCUT2D eigenvalue weighted by atomic mass is 9.82. The van der Waals surface area contributed by atoms with Gasteiger partial charge in [0.1, 0.15) is 5.60 Å². The van der Waals surface area contributed by atoms with E-state index < -0.39 is 11.6 Å². The Kier molecular flexibility index (Phi) is 3.64. The highest BCUT2D eigenvalue weighted by atomic mass is 35.5. The lowest BCUT2D eigenvalue weighted by molar-refractivity contribution is -0.0242. The molecule has 0 aliphatic carbocycles. The van der Waals surface area contributed by atoms with Crippen molar-refractivity contribution in [3.63, 3.8) is 0 Å². The van der Waals surface area contributed by atoms with Crippen molar-refractivity contribution in [3.05, 3.63) is 69.9 Å². The predicted octanol–water partition coefficient (Wildman–Crippen LogP) is 3.80. The second-order valence-electron chi connectivity index (χ2n) is 7.11. The lowest BCUT2D eigenvalue weighted by Gasteiger charge is -2.33. The average Bonchev–Trinajstić information content (AvgIpc) is 3.21. The largest absolute Gasteiger partial charge is 0.450 e. The number of esters is 1. The van der Waals surface area contributed by atoms with Gasteiger partial charge in [0.15, 0.2) is 0 Å². The lowest BCUT2D eigenvalue weighted by Crippen LogP contribution is -2.39. The Hall–Kier alpha value is -2.63. The number of hydrogen-bond acceptors (Lipinski definition) is 4. The van der Waals surface area contributed by atoms with Gasteiger partial charge in [-0.25, -0.2) is 4.79 Å². The molecule has 1 aromatic heterocycles. The summed E-state index contributed by atoms with van der Waals surface area (Å²) < 4.78 is 5.80. The van der Waals surface area contributed by atoms with Gasteiger partial charge in [-0.05, 0) is 37.4 Å². The molecule has 5 nitrogen and oxygen atoms in total. The first-order valence-corrected chi connectivity index (χ1v) is 9.36. The number of halogens is 1.